The first-order chi connectivity index (χ1) is 10.8. The number of sulfone groups is 1. The molecule has 0 unspecified atom stereocenters. The maximum absolute atomic E-state index is 12.6. The maximum Gasteiger partial charge on any atom is 0.244 e. The van der Waals surface area contributed by atoms with E-state index >= 15 is 0 Å². The van der Waals surface area contributed by atoms with Crippen LogP contribution in [-0.2, 0) is 19.4 Å². The summed E-state index contributed by atoms with van der Waals surface area (Å²) >= 11 is 0. The number of hydrogen-bond acceptors (Lipinski definition) is 5. The first kappa shape index (κ1) is 15.9. The van der Waals surface area contributed by atoms with Gasteiger partial charge in [0.1, 0.15) is 0 Å². The van der Waals surface area contributed by atoms with Gasteiger partial charge in [0.25, 0.3) is 0 Å². The highest BCUT2D eigenvalue weighted by molar-refractivity contribution is 7.91. The molecule has 23 heavy (non-hydrogen) atoms. The molecule has 0 saturated carbocycles. The largest absolute Gasteiger partial charge is 0.326 e. The van der Waals surface area contributed by atoms with Gasteiger partial charge in [0, 0.05) is 24.3 Å². The van der Waals surface area contributed by atoms with Gasteiger partial charge in [-0.15, -0.1) is 0 Å². The van der Waals surface area contributed by atoms with Crippen molar-refractivity contribution in [3.8, 4) is 0 Å². The molecule has 124 valence electrons. The molecule has 8 heteroatoms. The Kier molecular flexibility index (Phi) is 3.89. The van der Waals surface area contributed by atoms with E-state index in [1.807, 2.05) is 0 Å². The SMILES string of the molecule is CC(=O)Nc1cccc(N2C(=O)[C@H](C)N[C@@H]3CS(=O)(=O)C[C@@H]32)c1. The summed E-state index contributed by atoms with van der Waals surface area (Å²) in [7, 11) is -3.17. The van der Waals surface area contributed by atoms with Crippen LogP contribution in [0.2, 0.25) is 0 Å². The van der Waals surface area contributed by atoms with Crippen molar-refractivity contribution in [2.24, 2.45) is 0 Å². The molecule has 0 spiro atoms. The summed E-state index contributed by atoms with van der Waals surface area (Å²) in [6.07, 6.45) is 0. The second-order valence-electron chi connectivity index (χ2n) is 6.08. The van der Waals surface area contributed by atoms with Crippen molar-refractivity contribution in [1.29, 1.82) is 0 Å². The number of amides is 2. The van der Waals surface area contributed by atoms with Gasteiger partial charge in [-0.1, -0.05) is 6.07 Å². The summed E-state index contributed by atoms with van der Waals surface area (Å²) in [6, 6.07) is 5.77. The monoisotopic (exact) mass is 337 g/mol. The van der Waals surface area contributed by atoms with Crippen molar-refractivity contribution in [3.63, 3.8) is 0 Å². The van der Waals surface area contributed by atoms with Crippen molar-refractivity contribution >= 4 is 33.0 Å². The molecular formula is C15H19N3O4S. The number of nitrogens with zero attached hydrogens (tertiary/aromatic N) is 1. The fourth-order valence-electron chi connectivity index (χ4n) is 3.26. The molecule has 2 amide bonds. The second-order valence-corrected chi connectivity index (χ2v) is 8.23. The van der Waals surface area contributed by atoms with E-state index in [9.17, 15) is 18.0 Å². The molecule has 7 nitrogen and oxygen atoms in total. The lowest BCUT2D eigenvalue weighted by Crippen LogP contribution is -2.64. The fraction of sp³-hybridized carbons (Fsp3) is 0.467. The summed E-state index contributed by atoms with van der Waals surface area (Å²) in [6.45, 7) is 3.14. The number of anilines is 2. The minimum absolute atomic E-state index is 0.0389. The van der Waals surface area contributed by atoms with E-state index in [0.717, 1.165) is 0 Å². The molecule has 0 aromatic heterocycles. The third kappa shape index (κ3) is 3.09. The lowest BCUT2D eigenvalue weighted by Gasteiger charge is -2.40. The van der Waals surface area contributed by atoms with Crippen LogP contribution in [-0.4, -0.2) is 49.9 Å². The molecule has 2 aliphatic heterocycles. The van der Waals surface area contributed by atoms with Gasteiger partial charge < -0.3 is 15.5 Å². The van der Waals surface area contributed by atoms with Crippen LogP contribution in [0.1, 0.15) is 13.8 Å². The van der Waals surface area contributed by atoms with Crippen LogP contribution >= 0.6 is 0 Å². The first-order valence-electron chi connectivity index (χ1n) is 7.44. The molecule has 1 aromatic carbocycles. The third-order valence-electron chi connectivity index (χ3n) is 4.17. The van der Waals surface area contributed by atoms with Crippen LogP contribution < -0.4 is 15.5 Å². The van der Waals surface area contributed by atoms with Gasteiger partial charge >= 0.3 is 0 Å². The highest BCUT2D eigenvalue weighted by Crippen LogP contribution is 2.30. The molecule has 0 bridgehead atoms. The van der Waals surface area contributed by atoms with Crippen LogP contribution in [0.4, 0.5) is 11.4 Å². The summed E-state index contributed by atoms with van der Waals surface area (Å²) in [5.41, 5.74) is 1.17. The predicted molar refractivity (Wildman–Crippen MR) is 87.1 cm³/mol. The zero-order valence-electron chi connectivity index (χ0n) is 12.9. The van der Waals surface area contributed by atoms with Gasteiger partial charge in [-0.25, -0.2) is 8.42 Å². The highest BCUT2D eigenvalue weighted by Gasteiger charge is 2.48. The van der Waals surface area contributed by atoms with Gasteiger partial charge in [-0.05, 0) is 25.1 Å². The summed E-state index contributed by atoms with van der Waals surface area (Å²) < 4.78 is 23.9. The molecule has 2 aliphatic rings. The summed E-state index contributed by atoms with van der Waals surface area (Å²) in [5.74, 6) is -0.378. The number of fused-ring (bicyclic) bond motifs is 1. The standard InChI is InChI=1S/C15H19N3O4S/c1-9-15(20)18(14-8-23(21,22)7-13(14)16-9)12-5-3-4-11(6-12)17-10(2)19/h3-6,9,13-14,16H,7-8H2,1-2H3,(H,17,19)/t9-,13+,14-/m0/s1. The summed E-state index contributed by atoms with van der Waals surface area (Å²) in [4.78, 5) is 25.4. The van der Waals surface area contributed by atoms with Gasteiger partial charge in [0.2, 0.25) is 11.8 Å². The lowest BCUT2D eigenvalue weighted by atomic mass is 10.0. The topological polar surface area (TPSA) is 95.6 Å². The molecule has 3 rings (SSSR count). The van der Waals surface area contributed by atoms with Gasteiger partial charge in [-0.3, -0.25) is 9.59 Å². The first-order valence-corrected chi connectivity index (χ1v) is 9.26. The van der Waals surface area contributed by atoms with E-state index in [4.69, 9.17) is 0 Å². The van der Waals surface area contributed by atoms with Crippen LogP contribution in [0.25, 0.3) is 0 Å². The third-order valence-corrected chi connectivity index (χ3v) is 5.89. The van der Waals surface area contributed by atoms with Crippen molar-refractivity contribution in [2.75, 3.05) is 21.7 Å². The Morgan fingerprint density at radius 2 is 2.09 bits per heavy atom. The Morgan fingerprint density at radius 1 is 1.35 bits per heavy atom. The van der Waals surface area contributed by atoms with E-state index in [-0.39, 0.29) is 29.4 Å². The van der Waals surface area contributed by atoms with Crippen LogP contribution in [0, 0.1) is 0 Å². The van der Waals surface area contributed by atoms with E-state index in [1.54, 1.807) is 36.1 Å². The smallest absolute Gasteiger partial charge is 0.244 e. The van der Waals surface area contributed by atoms with Crippen molar-refractivity contribution in [1.82, 2.24) is 5.32 Å². The number of piperazine rings is 1. The Hall–Kier alpha value is -1.93. The van der Waals surface area contributed by atoms with Gasteiger partial charge in [0.05, 0.1) is 23.6 Å². The number of hydrogen-bond donors (Lipinski definition) is 2. The molecule has 2 saturated heterocycles. The van der Waals surface area contributed by atoms with E-state index in [1.165, 1.54) is 6.92 Å². The molecular weight excluding hydrogens is 318 g/mol. The van der Waals surface area contributed by atoms with E-state index < -0.39 is 21.9 Å². The zero-order valence-corrected chi connectivity index (χ0v) is 13.8. The van der Waals surface area contributed by atoms with E-state index in [0.29, 0.717) is 11.4 Å². The lowest BCUT2D eigenvalue weighted by molar-refractivity contribution is -0.122. The molecule has 2 heterocycles. The molecule has 0 aliphatic carbocycles. The Labute approximate surface area is 135 Å². The van der Waals surface area contributed by atoms with E-state index in [2.05, 4.69) is 10.6 Å². The predicted octanol–water partition coefficient (Wildman–Crippen LogP) is 0.135. The van der Waals surface area contributed by atoms with Crippen molar-refractivity contribution in [2.45, 2.75) is 32.0 Å². The number of carbonyl (C=O) groups is 2. The quantitative estimate of drug-likeness (QED) is 0.800. The molecule has 1 aromatic rings. The van der Waals surface area contributed by atoms with Crippen molar-refractivity contribution < 1.29 is 18.0 Å². The zero-order chi connectivity index (χ0) is 16.8. The number of benzene rings is 1. The minimum atomic E-state index is -3.17. The summed E-state index contributed by atoms with van der Waals surface area (Å²) in [5, 5.41) is 5.77. The highest BCUT2D eigenvalue weighted by atomic mass is 32.2. The number of carbonyl (C=O) groups excluding carboxylic acids is 2. The normalized spacial score (nSPS) is 29.2. The van der Waals surface area contributed by atoms with Gasteiger partial charge in [-0.2, -0.15) is 0 Å². The maximum atomic E-state index is 12.6. The fourth-order valence-corrected chi connectivity index (χ4v) is 5.17. The average molecular weight is 337 g/mol. The van der Waals surface area contributed by atoms with Crippen LogP contribution in [0.3, 0.4) is 0 Å². The average Bonchev–Trinajstić information content (AvgIpc) is 2.73. The number of rotatable bonds is 2. The van der Waals surface area contributed by atoms with Crippen molar-refractivity contribution in [3.05, 3.63) is 24.3 Å². The molecule has 2 fully saturated rings. The Morgan fingerprint density at radius 3 is 2.78 bits per heavy atom. The van der Waals surface area contributed by atoms with Crippen LogP contribution in [0.15, 0.2) is 24.3 Å². The Balaban J connectivity index is 1.98. The second kappa shape index (κ2) is 5.61. The van der Waals surface area contributed by atoms with Crippen LogP contribution in [0.5, 0.6) is 0 Å². The van der Waals surface area contributed by atoms with Gasteiger partial charge in [0.15, 0.2) is 9.84 Å². The molecule has 2 N–H and O–H groups in total. The Bertz CT molecular complexity index is 762. The molecule has 3 atom stereocenters. The molecule has 0 radical (unpaired) electrons. The minimum Gasteiger partial charge on any atom is -0.326 e. The number of nitrogens with one attached hydrogen (secondary N) is 2.